The number of methoxy groups -OCH3 is 2. The van der Waals surface area contributed by atoms with Crippen molar-refractivity contribution in [3.05, 3.63) is 23.8 Å². The molecule has 1 aromatic carbocycles. The summed E-state index contributed by atoms with van der Waals surface area (Å²) in [5.74, 6) is -0.438. The minimum absolute atomic E-state index is 0.0729. The zero-order valence-electron chi connectivity index (χ0n) is 11.8. The molecule has 0 saturated carbocycles. The number of aromatic carboxylic acids is 1. The Kier molecular flexibility index (Phi) is 7.46. The molecule has 0 saturated heterocycles. The highest BCUT2D eigenvalue weighted by Gasteiger charge is 2.15. The molecule has 0 fully saturated rings. The van der Waals surface area contributed by atoms with Crippen LogP contribution < -0.4 is 9.47 Å². The lowest BCUT2D eigenvalue weighted by Crippen LogP contribution is -2.11. The van der Waals surface area contributed by atoms with Gasteiger partial charge in [0.1, 0.15) is 12.2 Å². The van der Waals surface area contributed by atoms with E-state index in [1.165, 1.54) is 13.2 Å². The quantitative estimate of drug-likeness (QED) is 0.661. The molecule has 0 aliphatic rings. The second-order valence-electron chi connectivity index (χ2n) is 3.95. The lowest BCUT2D eigenvalue weighted by Gasteiger charge is -2.13. The van der Waals surface area contributed by atoms with Crippen LogP contribution in [0.15, 0.2) is 18.2 Å². The molecule has 0 aliphatic heterocycles. The molecule has 0 amide bonds. The highest BCUT2D eigenvalue weighted by atomic mass is 16.5. The molecule has 6 heteroatoms. The number of hydrogen-bond donors (Lipinski definition) is 1. The maximum atomic E-state index is 11.1. The Bertz CT molecular complexity index is 418. The molecule has 0 aromatic heterocycles. The molecule has 112 valence electrons. The number of para-hydroxylation sites is 1. The molecule has 0 unspecified atom stereocenters. The maximum Gasteiger partial charge on any atom is 0.339 e. The number of carboxylic acids is 1. The first-order valence-electron chi connectivity index (χ1n) is 6.30. The third-order valence-electron chi connectivity index (χ3n) is 2.54. The van der Waals surface area contributed by atoms with Gasteiger partial charge in [0.25, 0.3) is 0 Å². The Morgan fingerprint density at radius 2 is 1.95 bits per heavy atom. The van der Waals surface area contributed by atoms with E-state index in [-0.39, 0.29) is 17.9 Å². The minimum atomic E-state index is -1.06. The predicted molar refractivity (Wildman–Crippen MR) is 72.8 cm³/mol. The largest absolute Gasteiger partial charge is 0.493 e. The summed E-state index contributed by atoms with van der Waals surface area (Å²) in [6.07, 6.45) is 0.811. The fraction of sp³-hybridized carbons (Fsp3) is 0.500. The van der Waals surface area contributed by atoms with Crippen molar-refractivity contribution < 1.29 is 28.8 Å². The van der Waals surface area contributed by atoms with Crippen molar-refractivity contribution >= 4 is 5.97 Å². The van der Waals surface area contributed by atoms with Crippen LogP contribution in [-0.4, -0.2) is 51.7 Å². The van der Waals surface area contributed by atoms with Gasteiger partial charge in [0.2, 0.25) is 0 Å². The first kappa shape index (κ1) is 16.3. The third kappa shape index (κ3) is 5.07. The van der Waals surface area contributed by atoms with Gasteiger partial charge in [-0.2, -0.15) is 0 Å². The molecular formula is C14H20O6. The normalized spacial score (nSPS) is 10.3. The van der Waals surface area contributed by atoms with Crippen molar-refractivity contribution in [2.24, 2.45) is 0 Å². The van der Waals surface area contributed by atoms with Crippen LogP contribution in [0.1, 0.15) is 16.8 Å². The lowest BCUT2D eigenvalue weighted by atomic mass is 10.2. The van der Waals surface area contributed by atoms with Crippen LogP contribution in [0, 0.1) is 0 Å². The Hall–Kier alpha value is -1.79. The number of benzene rings is 1. The van der Waals surface area contributed by atoms with Gasteiger partial charge in [-0.05, 0) is 18.6 Å². The van der Waals surface area contributed by atoms with E-state index < -0.39 is 5.97 Å². The number of rotatable bonds is 10. The van der Waals surface area contributed by atoms with E-state index >= 15 is 0 Å². The highest BCUT2D eigenvalue weighted by Crippen LogP contribution is 2.30. The zero-order chi connectivity index (χ0) is 14.8. The second-order valence-corrected chi connectivity index (χ2v) is 3.95. The predicted octanol–water partition coefficient (Wildman–Crippen LogP) is 1.83. The van der Waals surface area contributed by atoms with Crippen LogP contribution in [0.25, 0.3) is 0 Å². The smallest absolute Gasteiger partial charge is 0.339 e. The van der Waals surface area contributed by atoms with Gasteiger partial charge in [-0.15, -0.1) is 0 Å². The molecule has 1 N–H and O–H groups in total. The Morgan fingerprint density at radius 3 is 2.60 bits per heavy atom. The molecule has 0 atom stereocenters. The lowest BCUT2D eigenvalue weighted by molar-refractivity contribution is 0.0674. The van der Waals surface area contributed by atoms with Gasteiger partial charge in [0.05, 0.1) is 13.7 Å². The van der Waals surface area contributed by atoms with Crippen molar-refractivity contribution in [2.45, 2.75) is 6.42 Å². The van der Waals surface area contributed by atoms with E-state index in [1.54, 1.807) is 19.2 Å². The van der Waals surface area contributed by atoms with E-state index in [1.807, 2.05) is 0 Å². The van der Waals surface area contributed by atoms with Gasteiger partial charge >= 0.3 is 5.97 Å². The standard InChI is InChI=1S/C14H20O6/c1-17-7-4-8-19-9-10-20-13-11(14(15)16)5-3-6-12(13)18-2/h3,5-6H,4,7-10H2,1-2H3,(H,15,16). The average Bonchev–Trinajstić information content (AvgIpc) is 2.46. The van der Waals surface area contributed by atoms with Crippen LogP contribution in [0.4, 0.5) is 0 Å². The molecular weight excluding hydrogens is 264 g/mol. The molecule has 6 nitrogen and oxygen atoms in total. The summed E-state index contributed by atoms with van der Waals surface area (Å²) in [6, 6.07) is 4.73. The van der Waals surface area contributed by atoms with Gasteiger partial charge < -0.3 is 24.1 Å². The molecule has 20 heavy (non-hydrogen) atoms. The van der Waals surface area contributed by atoms with Crippen molar-refractivity contribution in [2.75, 3.05) is 40.6 Å². The summed E-state index contributed by atoms with van der Waals surface area (Å²) in [7, 11) is 3.10. The van der Waals surface area contributed by atoms with Gasteiger partial charge in [-0.3, -0.25) is 0 Å². The fourth-order valence-electron chi connectivity index (χ4n) is 1.60. The Morgan fingerprint density at radius 1 is 1.15 bits per heavy atom. The van der Waals surface area contributed by atoms with E-state index in [4.69, 9.17) is 24.1 Å². The van der Waals surface area contributed by atoms with E-state index in [9.17, 15) is 4.79 Å². The van der Waals surface area contributed by atoms with Crippen LogP contribution >= 0.6 is 0 Å². The fourth-order valence-corrected chi connectivity index (χ4v) is 1.60. The number of carbonyl (C=O) groups is 1. The highest BCUT2D eigenvalue weighted by molar-refractivity contribution is 5.92. The Labute approximate surface area is 118 Å². The van der Waals surface area contributed by atoms with Gasteiger partial charge in [-0.1, -0.05) is 6.07 Å². The SMILES string of the molecule is COCCCOCCOc1c(OC)cccc1C(=O)O. The van der Waals surface area contributed by atoms with E-state index in [0.717, 1.165) is 6.42 Å². The van der Waals surface area contributed by atoms with Crippen molar-refractivity contribution in [1.82, 2.24) is 0 Å². The average molecular weight is 284 g/mol. The number of hydrogen-bond acceptors (Lipinski definition) is 5. The topological polar surface area (TPSA) is 74.2 Å². The maximum absolute atomic E-state index is 11.1. The summed E-state index contributed by atoms with van der Waals surface area (Å²) in [5.41, 5.74) is 0.0729. The molecule has 0 aliphatic carbocycles. The monoisotopic (exact) mass is 284 g/mol. The first-order valence-corrected chi connectivity index (χ1v) is 6.30. The molecule has 1 rings (SSSR count). The minimum Gasteiger partial charge on any atom is -0.493 e. The van der Waals surface area contributed by atoms with Gasteiger partial charge in [-0.25, -0.2) is 4.79 Å². The number of carboxylic acid groups (broad SMARTS) is 1. The van der Waals surface area contributed by atoms with E-state index in [2.05, 4.69) is 0 Å². The molecule has 1 aromatic rings. The summed E-state index contributed by atoms with van der Waals surface area (Å²) < 4.78 is 20.8. The summed E-state index contributed by atoms with van der Waals surface area (Å²) in [6.45, 7) is 1.86. The van der Waals surface area contributed by atoms with Crippen molar-refractivity contribution in [3.63, 3.8) is 0 Å². The van der Waals surface area contributed by atoms with E-state index in [0.29, 0.717) is 25.6 Å². The first-order chi connectivity index (χ1) is 9.70. The summed E-state index contributed by atoms with van der Waals surface area (Å²) in [4.78, 5) is 11.1. The summed E-state index contributed by atoms with van der Waals surface area (Å²) in [5, 5.41) is 9.10. The number of ether oxygens (including phenoxy) is 4. The summed E-state index contributed by atoms with van der Waals surface area (Å²) >= 11 is 0. The Balaban J connectivity index is 2.48. The molecule has 0 heterocycles. The molecule has 0 bridgehead atoms. The van der Waals surface area contributed by atoms with Crippen molar-refractivity contribution in [1.29, 1.82) is 0 Å². The molecule has 0 spiro atoms. The second kappa shape index (κ2) is 9.17. The van der Waals surface area contributed by atoms with Crippen LogP contribution in [-0.2, 0) is 9.47 Å². The van der Waals surface area contributed by atoms with Gasteiger partial charge in [0, 0.05) is 20.3 Å². The zero-order valence-corrected chi connectivity index (χ0v) is 11.8. The van der Waals surface area contributed by atoms with Gasteiger partial charge in [0.15, 0.2) is 11.5 Å². The third-order valence-corrected chi connectivity index (χ3v) is 2.54. The van der Waals surface area contributed by atoms with Crippen LogP contribution in [0.5, 0.6) is 11.5 Å². The van der Waals surface area contributed by atoms with Crippen LogP contribution in [0.2, 0.25) is 0 Å². The molecule has 0 radical (unpaired) electrons. The van der Waals surface area contributed by atoms with Crippen molar-refractivity contribution in [3.8, 4) is 11.5 Å². The van der Waals surface area contributed by atoms with Crippen LogP contribution in [0.3, 0.4) is 0 Å².